The van der Waals surface area contributed by atoms with E-state index < -0.39 is 0 Å². The second-order valence-corrected chi connectivity index (χ2v) is 4.40. The Hall–Kier alpha value is -1.94. The first-order valence-electron chi connectivity index (χ1n) is 5.49. The first kappa shape index (κ1) is 11.2. The van der Waals surface area contributed by atoms with Crippen LogP contribution in [0.1, 0.15) is 5.76 Å². The molecule has 0 bridgehead atoms. The molecular formula is C13H10ClNO3. The van der Waals surface area contributed by atoms with Crippen molar-refractivity contribution in [1.29, 1.82) is 0 Å². The molecule has 0 radical (unpaired) electrons. The largest absolute Gasteiger partial charge is 0.482 e. The van der Waals surface area contributed by atoms with E-state index in [4.69, 9.17) is 20.8 Å². The summed E-state index contributed by atoms with van der Waals surface area (Å²) in [6, 6.07) is 8.84. The van der Waals surface area contributed by atoms with Crippen LogP contribution in [0.2, 0.25) is 5.02 Å². The average Bonchev–Trinajstić information content (AvgIpc) is 2.86. The van der Waals surface area contributed by atoms with Crippen LogP contribution >= 0.6 is 11.6 Å². The van der Waals surface area contributed by atoms with Crippen molar-refractivity contribution >= 4 is 23.2 Å². The Morgan fingerprint density at radius 2 is 2.22 bits per heavy atom. The molecule has 1 aromatic heterocycles. The molecule has 0 atom stereocenters. The topological polar surface area (TPSA) is 42.7 Å². The zero-order valence-corrected chi connectivity index (χ0v) is 10.2. The molecule has 2 heterocycles. The summed E-state index contributed by atoms with van der Waals surface area (Å²) in [6.07, 6.45) is 1.58. The van der Waals surface area contributed by atoms with Crippen LogP contribution < -0.4 is 9.64 Å². The Morgan fingerprint density at radius 3 is 3.00 bits per heavy atom. The van der Waals surface area contributed by atoms with E-state index in [1.165, 1.54) is 0 Å². The molecule has 0 aliphatic carbocycles. The number of carbonyl (C=O) groups is 1. The molecule has 3 rings (SSSR count). The van der Waals surface area contributed by atoms with Crippen molar-refractivity contribution in [2.75, 3.05) is 11.5 Å². The summed E-state index contributed by atoms with van der Waals surface area (Å²) in [5, 5.41) is 0.566. The fourth-order valence-electron chi connectivity index (χ4n) is 1.91. The second kappa shape index (κ2) is 4.38. The minimum atomic E-state index is -0.110. The van der Waals surface area contributed by atoms with Gasteiger partial charge in [0.05, 0.1) is 18.5 Å². The number of hydrogen-bond donors (Lipinski definition) is 0. The van der Waals surface area contributed by atoms with Gasteiger partial charge in [0, 0.05) is 5.02 Å². The van der Waals surface area contributed by atoms with Crippen LogP contribution in [-0.2, 0) is 11.3 Å². The number of hydrogen-bond acceptors (Lipinski definition) is 3. The SMILES string of the molecule is O=C1COc2ccc(Cl)cc2N1Cc1ccco1. The second-order valence-electron chi connectivity index (χ2n) is 3.96. The zero-order chi connectivity index (χ0) is 12.5. The number of ether oxygens (including phenoxy) is 1. The number of benzene rings is 1. The van der Waals surface area contributed by atoms with Crippen LogP contribution in [-0.4, -0.2) is 12.5 Å². The number of furan rings is 1. The molecule has 0 unspecified atom stereocenters. The third-order valence-electron chi connectivity index (χ3n) is 2.76. The summed E-state index contributed by atoms with van der Waals surface area (Å²) >= 11 is 5.95. The first-order chi connectivity index (χ1) is 8.74. The fourth-order valence-corrected chi connectivity index (χ4v) is 2.07. The minimum absolute atomic E-state index is 0.0370. The molecule has 0 saturated heterocycles. The number of carbonyl (C=O) groups excluding carboxylic acids is 1. The highest BCUT2D eigenvalue weighted by Crippen LogP contribution is 2.35. The molecule has 2 aromatic rings. The summed E-state index contributed by atoms with van der Waals surface area (Å²) in [5.41, 5.74) is 0.676. The van der Waals surface area contributed by atoms with Gasteiger partial charge in [0.1, 0.15) is 11.5 Å². The zero-order valence-electron chi connectivity index (χ0n) is 9.43. The van der Waals surface area contributed by atoms with Crippen molar-refractivity contribution in [2.45, 2.75) is 6.54 Å². The lowest BCUT2D eigenvalue weighted by molar-refractivity contribution is -0.121. The highest BCUT2D eigenvalue weighted by atomic mass is 35.5. The number of halogens is 1. The lowest BCUT2D eigenvalue weighted by Gasteiger charge is -2.28. The van der Waals surface area contributed by atoms with Crippen molar-refractivity contribution in [3.8, 4) is 5.75 Å². The quantitative estimate of drug-likeness (QED) is 0.837. The highest BCUT2D eigenvalue weighted by Gasteiger charge is 2.26. The van der Waals surface area contributed by atoms with Gasteiger partial charge >= 0.3 is 0 Å². The van der Waals surface area contributed by atoms with Gasteiger partial charge in [-0.3, -0.25) is 9.69 Å². The van der Waals surface area contributed by atoms with E-state index in [2.05, 4.69) is 0 Å². The van der Waals surface area contributed by atoms with Crippen molar-refractivity contribution in [2.24, 2.45) is 0 Å². The third-order valence-corrected chi connectivity index (χ3v) is 2.99. The van der Waals surface area contributed by atoms with Gasteiger partial charge in [0.25, 0.3) is 5.91 Å². The molecule has 0 fully saturated rings. The molecule has 1 aliphatic rings. The van der Waals surface area contributed by atoms with E-state index in [1.807, 2.05) is 6.07 Å². The highest BCUT2D eigenvalue weighted by molar-refractivity contribution is 6.31. The number of anilines is 1. The standard InChI is InChI=1S/C13H10ClNO3/c14-9-3-4-12-11(6-9)15(13(16)8-18-12)7-10-2-1-5-17-10/h1-6H,7-8H2. The van der Waals surface area contributed by atoms with Gasteiger partial charge in [0.2, 0.25) is 0 Å². The molecule has 4 nitrogen and oxygen atoms in total. The lowest BCUT2D eigenvalue weighted by Crippen LogP contribution is -2.38. The van der Waals surface area contributed by atoms with Crippen LogP contribution in [0.5, 0.6) is 5.75 Å². The lowest BCUT2D eigenvalue weighted by atomic mass is 10.2. The van der Waals surface area contributed by atoms with Crippen LogP contribution in [0.15, 0.2) is 41.0 Å². The predicted octanol–water partition coefficient (Wildman–Crippen LogP) is 2.86. The van der Waals surface area contributed by atoms with E-state index in [-0.39, 0.29) is 12.5 Å². The normalized spacial score (nSPS) is 14.3. The Bertz CT molecular complexity index is 580. The summed E-state index contributed by atoms with van der Waals surface area (Å²) in [6.45, 7) is 0.415. The van der Waals surface area contributed by atoms with Crippen molar-refractivity contribution in [3.05, 3.63) is 47.4 Å². The summed E-state index contributed by atoms with van der Waals surface area (Å²) in [4.78, 5) is 13.5. The van der Waals surface area contributed by atoms with Crippen LogP contribution in [0, 0.1) is 0 Å². The number of amides is 1. The monoisotopic (exact) mass is 263 g/mol. The Kier molecular flexibility index (Phi) is 2.72. The van der Waals surface area contributed by atoms with Crippen molar-refractivity contribution in [1.82, 2.24) is 0 Å². The van der Waals surface area contributed by atoms with E-state index >= 15 is 0 Å². The van der Waals surface area contributed by atoms with Gasteiger partial charge in [-0.1, -0.05) is 11.6 Å². The number of rotatable bonds is 2. The number of nitrogens with zero attached hydrogens (tertiary/aromatic N) is 1. The molecule has 1 amide bonds. The Morgan fingerprint density at radius 1 is 1.33 bits per heavy atom. The molecule has 92 valence electrons. The molecule has 18 heavy (non-hydrogen) atoms. The maximum absolute atomic E-state index is 11.9. The molecule has 0 saturated carbocycles. The summed E-state index contributed by atoms with van der Waals surface area (Å²) < 4.78 is 10.6. The van der Waals surface area contributed by atoms with Gasteiger partial charge in [-0.25, -0.2) is 0 Å². The Labute approximate surface area is 109 Å². The van der Waals surface area contributed by atoms with Crippen LogP contribution in [0.25, 0.3) is 0 Å². The maximum atomic E-state index is 11.9. The van der Waals surface area contributed by atoms with Crippen molar-refractivity contribution in [3.63, 3.8) is 0 Å². The molecule has 5 heteroatoms. The Balaban J connectivity index is 1.98. The molecular weight excluding hydrogens is 254 g/mol. The van der Waals surface area contributed by atoms with E-state index in [1.54, 1.807) is 35.4 Å². The van der Waals surface area contributed by atoms with Gasteiger partial charge in [-0.05, 0) is 30.3 Å². The smallest absolute Gasteiger partial charge is 0.265 e. The molecule has 0 spiro atoms. The van der Waals surface area contributed by atoms with Crippen LogP contribution in [0.3, 0.4) is 0 Å². The predicted molar refractivity (Wildman–Crippen MR) is 66.8 cm³/mol. The van der Waals surface area contributed by atoms with Crippen molar-refractivity contribution < 1.29 is 13.9 Å². The first-order valence-corrected chi connectivity index (χ1v) is 5.87. The fraction of sp³-hybridized carbons (Fsp3) is 0.154. The molecule has 1 aliphatic heterocycles. The van der Waals surface area contributed by atoms with Gasteiger partial charge < -0.3 is 9.15 Å². The minimum Gasteiger partial charge on any atom is -0.482 e. The van der Waals surface area contributed by atoms with Gasteiger partial charge in [-0.15, -0.1) is 0 Å². The molecule has 0 N–H and O–H groups in total. The van der Waals surface area contributed by atoms with Gasteiger partial charge in [-0.2, -0.15) is 0 Å². The third kappa shape index (κ3) is 1.95. The average molecular weight is 264 g/mol. The molecule has 1 aromatic carbocycles. The van der Waals surface area contributed by atoms with E-state index in [9.17, 15) is 4.79 Å². The maximum Gasteiger partial charge on any atom is 0.265 e. The summed E-state index contributed by atoms with van der Waals surface area (Å²) in [7, 11) is 0. The van der Waals surface area contributed by atoms with E-state index in [0.717, 1.165) is 5.76 Å². The van der Waals surface area contributed by atoms with Crippen LogP contribution in [0.4, 0.5) is 5.69 Å². The van der Waals surface area contributed by atoms with Gasteiger partial charge in [0.15, 0.2) is 6.61 Å². The summed E-state index contributed by atoms with van der Waals surface area (Å²) in [5.74, 6) is 1.27. The number of fused-ring (bicyclic) bond motifs is 1. The van der Waals surface area contributed by atoms with E-state index in [0.29, 0.717) is 23.0 Å².